The third-order valence-electron chi connectivity index (χ3n) is 3.89. The Kier molecular flexibility index (Phi) is 5.27. The summed E-state index contributed by atoms with van der Waals surface area (Å²) in [5, 5.41) is 12.1. The van der Waals surface area contributed by atoms with Gasteiger partial charge in [-0.05, 0) is 31.9 Å². The Hall–Kier alpha value is -1.95. The molecule has 1 amide bonds. The van der Waals surface area contributed by atoms with Crippen LogP contribution in [0.2, 0.25) is 0 Å². The van der Waals surface area contributed by atoms with Gasteiger partial charge in [-0.15, -0.1) is 0 Å². The second-order valence-electron chi connectivity index (χ2n) is 5.35. The number of carboxylic acids is 1. The molecule has 2 N–H and O–H groups in total. The zero-order chi connectivity index (χ0) is 15.2. The topological polar surface area (TPSA) is 82.5 Å². The van der Waals surface area contributed by atoms with Crippen molar-refractivity contribution < 1.29 is 14.7 Å². The van der Waals surface area contributed by atoms with E-state index in [-0.39, 0.29) is 24.4 Å². The number of nitrogens with zero attached hydrogens (tertiary/aromatic N) is 2. The predicted molar refractivity (Wildman–Crippen MR) is 77.6 cm³/mol. The Labute approximate surface area is 124 Å². The van der Waals surface area contributed by atoms with Crippen molar-refractivity contribution in [1.82, 2.24) is 15.2 Å². The van der Waals surface area contributed by atoms with E-state index in [1.54, 1.807) is 11.1 Å². The smallest absolute Gasteiger partial charge is 0.306 e. The summed E-state index contributed by atoms with van der Waals surface area (Å²) >= 11 is 0. The van der Waals surface area contributed by atoms with Crippen LogP contribution in [0.3, 0.4) is 0 Å². The molecule has 1 aliphatic rings. The summed E-state index contributed by atoms with van der Waals surface area (Å²) in [5.74, 6) is -1.06. The Balaban J connectivity index is 1.76. The Morgan fingerprint density at radius 1 is 1.43 bits per heavy atom. The van der Waals surface area contributed by atoms with Gasteiger partial charge < -0.3 is 15.3 Å². The molecule has 6 nitrogen and oxygen atoms in total. The lowest BCUT2D eigenvalue weighted by Gasteiger charge is -2.30. The maximum absolute atomic E-state index is 12.1. The molecule has 0 spiro atoms. The van der Waals surface area contributed by atoms with E-state index >= 15 is 0 Å². The quantitative estimate of drug-likeness (QED) is 0.847. The fraction of sp³-hybridized carbons (Fsp3) is 0.533. The molecule has 1 aromatic heterocycles. The molecule has 0 radical (unpaired) electrons. The number of amides is 1. The molecular formula is C15H21N3O3. The molecule has 0 saturated carbocycles. The molecule has 1 saturated heterocycles. The highest BCUT2D eigenvalue weighted by Crippen LogP contribution is 2.17. The van der Waals surface area contributed by atoms with Crippen LogP contribution in [0.1, 0.15) is 31.5 Å². The van der Waals surface area contributed by atoms with Crippen LogP contribution >= 0.6 is 0 Å². The number of carbonyl (C=O) groups is 2. The first kappa shape index (κ1) is 15.4. The fourth-order valence-corrected chi connectivity index (χ4v) is 2.46. The molecule has 2 rings (SSSR count). The van der Waals surface area contributed by atoms with Crippen molar-refractivity contribution in [3.8, 4) is 0 Å². The third-order valence-corrected chi connectivity index (χ3v) is 3.89. The van der Waals surface area contributed by atoms with Crippen LogP contribution in [0.4, 0.5) is 0 Å². The maximum atomic E-state index is 12.1. The van der Waals surface area contributed by atoms with Gasteiger partial charge in [0.15, 0.2) is 0 Å². The van der Waals surface area contributed by atoms with E-state index in [1.807, 2.05) is 25.1 Å². The number of hydrogen-bond acceptors (Lipinski definition) is 4. The van der Waals surface area contributed by atoms with E-state index in [4.69, 9.17) is 5.11 Å². The summed E-state index contributed by atoms with van der Waals surface area (Å²) in [4.78, 5) is 29.0. The van der Waals surface area contributed by atoms with Gasteiger partial charge in [0.25, 0.3) is 0 Å². The van der Waals surface area contributed by atoms with Gasteiger partial charge in [-0.2, -0.15) is 0 Å². The Bertz CT molecular complexity index is 484. The van der Waals surface area contributed by atoms with Crippen molar-refractivity contribution in [1.29, 1.82) is 0 Å². The molecule has 1 aliphatic heterocycles. The second kappa shape index (κ2) is 7.17. The highest BCUT2D eigenvalue weighted by molar-refractivity contribution is 5.79. The van der Waals surface area contributed by atoms with Crippen LogP contribution in [-0.4, -0.2) is 46.5 Å². The van der Waals surface area contributed by atoms with Crippen molar-refractivity contribution in [2.75, 3.05) is 19.6 Å². The summed E-state index contributed by atoms with van der Waals surface area (Å²) in [6.45, 7) is 3.26. The minimum atomic E-state index is -0.760. The van der Waals surface area contributed by atoms with Gasteiger partial charge in [0.2, 0.25) is 5.91 Å². The number of rotatable bonds is 5. The molecule has 114 valence electrons. The van der Waals surface area contributed by atoms with Gasteiger partial charge in [0.05, 0.1) is 18.2 Å². The van der Waals surface area contributed by atoms with Crippen LogP contribution in [0.5, 0.6) is 0 Å². The molecular weight excluding hydrogens is 270 g/mol. The van der Waals surface area contributed by atoms with Crippen molar-refractivity contribution >= 4 is 11.9 Å². The first-order valence-corrected chi connectivity index (χ1v) is 7.23. The van der Waals surface area contributed by atoms with E-state index in [1.165, 1.54) is 0 Å². The van der Waals surface area contributed by atoms with E-state index < -0.39 is 5.97 Å². The van der Waals surface area contributed by atoms with E-state index in [0.717, 1.165) is 5.69 Å². The summed E-state index contributed by atoms with van der Waals surface area (Å²) in [7, 11) is 0. The van der Waals surface area contributed by atoms with E-state index in [2.05, 4.69) is 10.3 Å². The average molecular weight is 291 g/mol. The summed E-state index contributed by atoms with van der Waals surface area (Å²) in [6.07, 6.45) is 2.81. The normalized spacial score (nSPS) is 17.5. The summed E-state index contributed by atoms with van der Waals surface area (Å²) in [6, 6.07) is 5.69. The monoisotopic (exact) mass is 291 g/mol. The van der Waals surface area contributed by atoms with Gasteiger partial charge in [-0.1, -0.05) is 6.07 Å². The number of piperidine rings is 1. The van der Waals surface area contributed by atoms with Crippen LogP contribution in [0, 0.1) is 5.92 Å². The Morgan fingerprint density at radius 2 is 2.14 bits per heavy atom. The number of hydrogen-bond donors (Lipinski definition) is 2. The lowest BCUT2D eigenvalue weighted by Crippen LogP contribution is -2.44. The van der Waals surface area contributed by atoms with Crippen LogP contribution in [0.15, 0.2) is 24.4 Å². The van der Waals surface area contributed by atoms with Crippen LogP contribution < -0.4 is 5.32 Å². The minimum absolute atomic E-state index is 0.00621. The predicted octanol–water partition coefficient (Wildman–Crippen LogP) is 1.06. The number of carbonyl (C=O) groups excluding carboxylic acids is 1. The lowest BCUT2D eigenvalue weighted by molar-refractivity contribution is -0.145. The molecule has 21 heavy (non-hydrogen) atoms. The molecule has 0 aliphatic carbocycles. The number of likely N-dealkylation sites (tertiary alicyclic amines) is 1. The first-order chi connectivity index (χ1) is 10.1. The maximum Gasteiger partial charge on any atom is 0.306 e. The van der Waals surface area contributed by atoms with Crippen LogP contribution in [0.25, 0.3) is 0 Å². The number of aliphatic carboxylic acids is 1. The number of pyridine rings is 1. The van der Waals surface area contributed by atoms with Gasteiger partial charge in [0, 0.05) is 25.3 Å². The summed E-state index contributed by atoms with van der Waals surface area (Å²) < 4.78 is 0. The van der Waals surface area contributed by atoms with Crippen molar-refractivity contribution in [2.45, 2.75) is 25.8 Å². The zero-order valence-corrected chi connectivity index (χ0v) is 12.2. The van der Waals surface area contributed by atoms with Gasteiger partial charge in [0.1, 0.15) is 0 Å². The standard InChI is InChI=1S/C15H21N3O3/c1-11(13-4-2-3-7-16-13)17-10-14(19)18-8-5-12(6-9-18)15(20)21/h2-4,7,11-12,17H,5-6,8-10H2,1H3,(H,20,21). The lowest BCUT2D eigenvalue weighted by atomic mass is 9.97. The number of carboxylic acid groups (broad SMARTS) is 1. The fourth-order valence-electron chi connectivity index (χ4n) is 2.46. The molecule has 0 aromatic carbocycles. The first-order valence-electron chi connectivity index (χ1n) is 7.23. The van der Waals surface area contributed by atoms with Crippen molar-refractivity contribution in [2.24, 2.45) is 5.92 Å². The third kappa shape index (κ3) is 4.26. The highest BCUT2D eigenvalue weighted by atomic mass is 16.4. The molecule has 0 bridgehead atoms. The molecule has 1 unspecified atom stereocenters. The molecule has 1 aromatic rings. The number of aromatic nitrogens is 1. The van der Waals surface area contributed by atoms with Crippen molar-refractivity contribution in [3.05, 3.63) is 30.1 Å². The van der Waals surface area contributed by atoms with E-state index in [0.29, 0.717) is 25.9 Å². The molecule has 2 heterocycles. The van der Waals surface area contributed by atoms with Crippen LogP contribution in [-0.2, 0) is 9.59 Å². The van der Waals surface area contributed by atoms with Gasteiger partial charge >= 0.3 is 5.97 Å². The molecule has 1 atom stereocenters. The SMILES string of the molecule is CC(NCC(=O)N1CCC(C(=O)O)CC1)c1ccccn1. The van der Waals surface area contributed by atoms with Crippen molar-refractivity contribution in [3.63, 3.8) is 0 Å². The van der Waals surface area contributed by atoms with E-state index in [9.17, 15) is 9.59 Å². The average Bonchev–Trinajstić information content (AvgIpc) is 2.53. The zero-order valence-electron chi connectivity index (χ0n) is 12.2. The summed E-state index contributed by atoms with van der Waals surface area (Å²) in [5.41, 5.74) is 0.898. The second-order valence-corrected chi connectivity index (χ2v) is 5.35. The van der Waals surface area contributed by atoms with Gasteiger partial charge in [-0.25, -0.2) is 0 Å². The Morgan fingerprint density at radius 3 is 2.71 bits per heavy atom. The van der Waals surface area contributed by atoms with Gasteiger partial charge in [-0.3, -0.25) is 14.6 Å². The minimum Gasteiger partial charge on any atom is -0.481 e. The molecule has 1 fully saturated rings. The number of nitrogens with one attached hydrogen (secondary N) is 1. The largest absolute Gasteiger partial charge is 0.481 e. The highest BCUT2D eigenvalue weighted by Gasteiger charge is 2.26. The molecule has 6 heteroatoms.